The van der Waals surface area contributed by atoms with Crippen LogP contribution in [0.15, 0.2) is 40.8 Å². The summed E-state index contributed by atoms with van der Waals surface area (Å²) >= 11 is 0. The standard InChI is InChI=1S/C16H19NO3S/c1-10-4-6-14(7-5-10)21(19,20)17-9-13-8-15(18)11(2)16(13)12(17)3/h4-8,11-12,16H,9H2,1-3H3/t11-,12+,16-/m1/s1. The van der Waals surface area contributed by atoms with E-state index in [-0.39, 0.29) is 23.7 Å². The summed E-state index contributed by atoms with van der Waals surface area (Å²) in [4.78, 5) is 12.1. The first-order valence-electron chi connectivity index (χ1n) is 7.15. The molecular weight excluding hydrogens is 286 g/mol. The Hall–Kier alpha value is -1.46. The van der Waals surface area contributed by atoms with Crippen molar-refractivity contribution in [3.63, 3.8) is 0 Å². The molecule has 0 aromatic heterocycles. The monoisotopic (exact) mass is 305 g/mol. The summed E-state index contributed by atoms with van der Waals surface area (Å²) < 4.78 is 27.1. The normalized spacial score (nSPS) is 29.6. The van der Waals surface area contributed by atoms with E-state index in [1.54, 1.807) is 30.3 Å². The maximum atomic E-state index is 12.8. The molecule has 0 radical (unpaired) electrons. The molecule has 1 saturated heterocycles. The van der Waals surface area contributed by atoms with E-state index in [9.17, 15) is 13.2 Å². The second-order valence-electron chi connectivity index (χ2n) is 6.04. The lowest BCUT2D eigenvalue weighted by Gasteiger charge is -2.25. The van der Waals surface area contributed by atoms with Crippen LogP contribution in [0.5, 0.6) is 0 Å². The average Bonchev–Trinajstić information content (AvgIpc) is 2.89. The van der Waals surface area contributed by atoms with E-state index >= 15 is 0 Å². The lowest BCUT2D eigenvalue weighted by molar-refractivity contribution is -0.118. The lowest BCUT2D eigenvalue weighted by atomic mass is 9.89. The minimum absolute atomic E-state index is 0.0257. The maximum Gasteiger partial charge on any atom is 0.243 e. The van der Waals surface area contributed by atoms with Crippen LogP contribution in [0.2, 0.25) is 0 Å². The van der Waals surface area contributed by atoms with Crippen LogP contribution in [0.1, 0.15) is 19.4 Å². The van der Waals surface area contributed by atoms with Gasteiger partial charge in [-0.3, -0.25) is 4.79 Å². The Kier molecular flexibility index (Phi) is 3.30. The quantitative estimate of drug-likeness (QED) is 0.841. The fourth-order valence-electron chi connectivity index (χ4n) is 3.44. The molecule has 1 heterocycles. The summed E-state index contributed by atoms with van der Waals surface area (Å²) in [6, 6.07) is 6.73. The summed E-state index contributed by atoms with van der Waals surface area (Å²) in [5, 5.41) is 0. The summed E-state index contributed by atoms with van der Waals surface area (Å²) in [6.45, 7) is 6.04. The number of fused-ring (bicyclic) bond motifs is 1. The largest absolute Gasteiger partial charge is 0.295 e. The van der Waals surface area contributed by atoms with Crippen molar-refractivity contribution in [2.75, 3.05) is 6.54 Å². The van der Waals surface area contributed by atoms with Crippen LogP contribution < -0.4 is 0 Å². The zero-order chi connectivity index (χ0) is 15.4. The van der Waals surface area contributed by atoms with Gasteiger partial charge >= 0.3 is 0 Å². The fraction of sp³-hybridized carbons (Fsp3) is 0.438. The van der Waals surface area contributed by atoms with Gasteiger partial charge < -0.3 is 0 Å². The number of hydrogen-bond donors (Lipinski definition) is 0. The van der Waals surface area contributed by atoms with Crippen molar-refractivity contribution in [2.45, 2.75) is 31.7 Å². The van der Waals surface area contributed by atoms with E-state index in [0.717, 1.165) is 11.1 Å². The van der Waals surface area contributed by atoms with Crippen molar-refractivity contribution < 1.29 is 13.2 Å². The van der Waals surface area contributed by atoms with Crippen molar-refractivity contribution in [1.82, 2.24) is 4.31 Å². The molecule has 112 valence electrons. The van der Waals surface area contributed by atoms with Gasteiger partial charge in [-0.1, -0.05) is 24.6 Å². The third-order valence-corrected chi connectivity index (χ3v) is 6.63. The van der Waals surface area contributed by atoms with Gasteiger partial charge in [-0.05, 0) is 37.6 Å². The van der Waals surface area contributed by atoms with Crippen LogP contribution in [0.3, 0.4) is 0 Å². The molecule has 2 aliphatic rings. The van der Waals surface area contributed by atoms with Gasteiger partial charge in [-0.15, -0.1) is 0 Å². The van der Waals surface area contributed by atoms with E-state index in [1.807, 2.05) is 20.8 Å². The molecule has 0 spiro atoms. The molecule has 0 unspecified atom stereocenters. The number of benzene rings is 1. The average molecular weight is 305 g/mol. The molecule has 0 bridgehead atoms. The molecule has 5 heteroatoms. The van der Waals surface area contributed by atoms with Crippen molar-refractivity contribution in [2.24, 2.45) is 11.8 Å². The van der Waals surface area contributed by atoms with E-state index < -0.39 is 10.0 Å². The van der Waals surface area contributed by atoms with Crippen LogP contribution in [-0.2, 0) is 14.8 Å². The Balaban J connectivity index is 1.97. The number of hydrogen-bond acceptors (Lipinski definition) is 3. The molecule has 0 N–H and O–H groups in total. The number of aryl methyl sites for hydroxylation is 1. The first-order chi connectivity index (χ1) is 9.82. The predicted molar refractivity (Wildman–Crippen MR) is 80.3 cm³/mol. The van der Waals surface area contributed by atoms with Crippen molar-refractivity contribution in [1.29, 1.82) is 0 Å². The molecule has 1 fully saturated rings. The maximum absolute atomic E-state index is 12.8. The molecule has 4 nitrogen and oxygen atoms in total. The highest BCUT2D eigenvalue weighted by Gasteiger charge is 2.48. The molecule has 3 atom stereocenters. The molecule has 3 rings (SSSR count). The first kappa shape index (κ1) is 14.5. The second-order valence-corrected chi connectivity index (χ2v) is 7.93. The Morgan fingerprint density at radius 2 is 1.76 bits per heavy atom. The van der Waals surface area contributed by atoms with Gasteiger partial charge in [0.1, 0.15) is 0 Å². The van der Waals surface area contributed by atoms with Crippen molar-refractivity contribution >= 4 is 15.8 Å². The van der Waals surface area contributed by atoms with Gasteiger partial charge in [0.2, 0.25) is 10.0 Å². The van der Waals surface area contributed by atoms with Gasteiger partial charge in [-0.2, -0.15) is 4.31 Å². The van der Waals surface area contributed by atoms with Crippen LogP contribution >= 0.6 is 0 Å². The lowest BCUT2D eigenvalue weighted by Crippen LogP contribution is -2.37. The highest BCUT2D eigenvalue weighted by atomic mass is 32.2. The predicted octanol–water partition coefficient (Wildman–Crippen LogP) is 2.15. The molecule has 0 saturated carbocycles. The zero-order valence-corrected chi connectivity index (χ0v) is 13.2. The van der Waals surface area contributed by atoms with Crippen LogP contribution in [0.25, 0.3) is 0 Å². The molecule has 1 aromatic rings. The zero-order valence-electron chi connectivity index (χ0n) is 12.4. The highest BCUT2D eigenvalue weighted by molar-refractivity contribution is 7.89. The van der Waals surface area contributed by atoms with E-state index in [2.05, 4.69) is 0 Å². The molecular formula is C16H19NO3S. The highest BCUT2D eigenvalue weighted by Crippen LogP contribution is 2.42. The minimum Gasteiger partial charge on any atom is -0.295 e. The Labute approximate surface area is 125 Å². The fourth-order valence-corrected chi connectivity index (χ4v) is 5.08. The SMILES string of the molecule is Cc1ccc(S(=O)(=O)N2CC3=CC(=O)[C@@H](C)[C@@H]3[C@@H]2C)cc1. The van der Waals surface area contributed by atoms with Crippen LogP contribution in [0, 0.1) is 18.8 Å². The first-order valence-corrected chi connectivity index (χ1v) is 8.59. The topological polar surface area (TPSA) is 54.5 Å². The van der Waals surface area contributed by atoms with E-state index in [0.29, 0.717) is 11.4 Å². The van der Waals surface area contributed by atoms with Crippen LogP contribution in [0.4, 0.5) is 0 Å². The Morgan fingerprint density at radius 1 is 1.14 bits per heavy atom. The molecule has 21 heavy (non-hydrogen) atoms. The van der Waals surface area contributed by atoms with Gasteiger partial charge in [0.25, 0.3) is 0 Å². The number of sulfonamides is 1. The van der Waals surface area contributed by atoms with Crippen LogP contribution in [-0.4, -0.2) is 31.1 Å². The summed E-state index contributed by atoms with van der Waals surface area (Å²) in [6.07, 6.45) is 1.64. The second kappa shape index (κ2) is 4.78. The Morgan fingerprint density at radius 3 is 2.33 bits per heavy atom. The van der Waals surface area contributed by atoms with Crippen molar-refractivity contribution in [3.8, 4) is 0 Å². The van der Waals surface area contributed by atoms with E-state index in [1.165, 1.54) is 4.31 Å². The summed E-state index contributed by atoms with van der Waals surface area (Å²) in [5.74, 6) is 0.0279. The number of allylic oxidation sites excluding steroid dienone is 1. The number of nitrogens with zero attached hydrogens (tertiary/aromatic N) is 1. The third kappa shape index (κ3) is 2.15. The molecule has 0 amide bonds. The smallest absolute Gasteiger partial charge is 0.243 e. The third-order valence-electron chi connectivity index (χ3n) is 4.68. The minimum atomic E-state index is -3.51. The summed E-state index contributed by atoms with van der Waals surface area (Å²) in [5.41, 5.74) is 1.98. The molecule has 1 aromatic carbocycles. The van der Waals surface area contributed by atoms with Gasteiger partial charge in [0.05, 0.1) is 4.90 Å². The number of rotatable bonds is 2. The molecule has 1 aliphatic heterocycles. The Bertz CT molecular complexity index is 718. The van der Waals surface area contributed by atoms with Gasteiger partial charge in [0, 0.05) is 24.4 Å². The number of carbonyl (C=O) groups is 1. The number of ketones is 1. The number of carbonyl (C=O) groups excluding carboxylic acids is 1. The van der Waals surface area contributed by atoms with Gasteiger partial charge in [-0.25, -0.2) is 8.42 Å². The molecule has 1 aliphatic carbocycles. The van der Waals surface area contributed by atoms with E-state index in [4.69, 9.17) is 0 Å². The van der Waals surface area contributed by atoms with Gasteiger partial charge in [0.15, 0.2) is 5.78 Å². The summed E-state index contributed by atoms with van der Waals surface area (Å²) in [7, 11) is -3.51. The van der Waals surface area contributed by atoms with Crippen molar-refractivity contribution in [3.05, 3.63) is 41.5 Å².